The van der Waals surface area contributed by atoms with Gasteiger partial charge in [0.25, 0.3) is 0 Å². The van der Waals surface area contributed by atoms with Gasteiger partial charge in [0.05, 0.1) is 17.8 Å². The first kappa shape index (κ1) is 28.1. The van der Waals surface area contributed by atoms with Crippen LogP contribution in [0.4, 0.5) is 10.1 Å². The van der Waals surface area contributed by atoms with E-state index in [0.29, 0.717) is 27.7 Å². The van der Waals surface area contributed by atoms with Gasteiger partial charge in [-0.25, -0.2) is 12.8 Å². The second-order valence-electron chi connectivity index (χ2n) is 10.0. The van der Waals surface area contributed by atoms with E-state index in [2.05, 4.69) is 0 Å². The van der Waals surface area contributed by atoms with Crippen molar-refractivity contribution in [2.45, 2.75) is 30.2 Å². The Morgan fingerprint density at radius 2 is 1.55 bits per heavy atom. The van der Waals surface area contributed by atoms with Gasteiger partial charge in [0, 0.05) is 17.5 Å². The molecule has 1 saturated heterocycles. The molecule has 4 aromatic carbocycles. The number of anilines is 1. The molecule has 1 aliphatic rings. The Labute approximate surface area is 232 Å². The van der Waals surface area contributed by atoms with Crippen LogP contribution in [0, 0.1) is 5.82 Å². The predicted octanol–water partition coefficient (Wildman–Crippen LogP) is 5.50. The molecular weight excluding hydrogens is 552 g/mol. The van der Waals surface area contributed by atoms with Crippen LogP contribution in [0.15, 0.2) is 97.1 Å². The summed E-state index contributed by atoms with van der Waals surface area (Å²) >= 11 is 0. The summed E-state index contributed by atoms with van der Waals surface area (Å²) in [4.78, 5) is 9.80. The molecule has 0 spiro atoms. The van der Waals surface area contributed by atoms with Crippen LogP contribution < -0.4 is 9.61 Å². The van der Waals surface area contributed by atoms with Gasteiger partial charge >= 0.3 is 0 Å². The second-order valence-corrected chi connectivity index (χ2v) is 14.3. The van der Waals surface area contributed by atoms with Gasteiger partial charge in [-0.15, -0.1) is 0 Å². The van der Waals surface area contributed by atoms with Crippen molar-refractivity contribution in [2.24, 2.45) is 0 Å². The highest BCUT2D eigenvalue weighted by Gasteiger charge is 2.54. The van der Waals surface area contributed by atoms with Crippen molar-refractivity contribution in [1.82, 2.24) is 0 Å². The number of hydrogen-bond acceptors (Lipinski definition) is 5. The molecule has 208 valence electrons. The van der Waals surface area contributed by atoms with Gasteiger partial charge in [-0.3, -0.25) is 8.87 Å². The minimum Gasteiger partial charge on any atom is -0.508 e. The third-order valence-corrected chi connectivity index (χ3v) is 10.8. The van der Waals surface area contributed by atoms with Crippen LogP contribution in [-0.2, 0) is 14.6 Å². The minimum atomic E-state index is -3.79. The number of phenolic OH excluding ortho intramolecular Hbond substituents is 1. The Kier molecular flexibility index (Phi) is 7.59. The van der Waals surface area contributed by atoms with Gasteiger partial charge in [-0.2, -0.15) is 0 Å². The summed E-state index contributed by atoms with van der Waals surface area (Å²) in [7, 11) is -7.19. The highest BCUT2D eigenvalue weighted by atomic mass is 32.2. The fourth-order valence-corrected chi connectivity index (χ4v) is 7.97. The lowest BCUT2D eigenvalue weighted by atomic mass is 9.94. The molecule has 4 atom stereocenters. The fourth-order valence-electron chi connectivity index (χ4n) is 5.15. The number of sulfonamides is 1. The van der Waals surface area contributed by atoms with Crippen molar-refractivity contribution in [1.29, 1.82) is 0 Å². The van der Waals surface area contributed by atoms with Crippen molar-refractivity contribution in [3.63, 3.8) is 0 Å². The lowest BCUT2D eigenvalue weighted by molar-refractivity contribution is 0.162. The van der Waals surface area contributed by atoms with Gasteiger partial charge < -0.3 is 15.1 Å². The summed E-state index contributed by atoms with van der Waals surface area (Å²) in [5.41, 5.74) is 2.77. The van der Waals surface area contributed by atoms with Crippen LogP contribution in [0.25, 0.3) is 11.1 Å². The molecule has 4 aromatic rings. The number of para-hydroxylation sites is 1. The first-order valence-corrected chi connectivity index (χ1v) is 16.3. The molecule has 10 heteroatoms. The number of halogens is 1. The number of phenols is 1. The highest BCUT2D eigenvalue weighted by Crippen LogP contribution is 2.50. The van der Waals surface area contributed by atoms with Crippen LogP contribution in [0.1, 0.15) is 36.1 Å². The van der Waals surface area contributed by atoms with E-state index in [1.165, 1.54) is 35.2 Å². The van der Waals surface area contributed by atoms with Crippen LogP contribution in [0.3, 0.4) is 0 Å². The monoisotopic (exact) mass is 581 g/mol. The fraction of sp³-hybridized carbons (Fsp3) is 0.200. The van der Waals surface area contributed by atoms with E-state index in [-0.39, 0.29) is 18.6 Å². The first-order chi connectivity index (χ1) is 19.0. The summed E-state index contributed by atoms with van der Waals surface area (Å²) < 4.78 is 53.5. The number of aliphatic hydroxyl groups is 1. The molecule has 1 heterocycles. The summed E-state index contributed by atoms with van der Waals surface area (Å²) in [5, 5.41) is 21.2. The Balaban J connectivity index is 1.46. The third kappa shape index (κ3) is 5.43. The van der Waals surface area contributed by atoms with Crippen molar-refractivity contribution in [3.8, 4) is 16.9 Å². The van der Waals surface area contributed by atoms with E-state index < -0.39 is 40.6 Å². The maximum Gasteiger partial charge on any atom is 0.241 e. The molecule has 4 unspecified atom stereocenters. The average molecular weight is 582 g/mol. The van der Waals surface area contributed by atoms with Gasteiger partial charge in [0.1, 0.15) is 16.8 Å². The number of benzene rings is 4. The Morgan fingerprint density at radius 1 is 0.925 bits per heavy atom. The van der Waals surface area contributed by atoms with E-state index >= 15 is 0 Å². The first-order valence-electron chi connectivity index (χ1n) is 12.7. The zero-order chi connectivity index (χ0) is 28.7. The SMILES string of the molecule is CP(=O)(O)c1ccc(-c2ccc(C3C(CCC(O)c4ccc(F)cc4)S(=O)(=O)N3c3ccccc3)c(O)c2)cc1. The largest absolute Gasteiger partial charge is 0.508 e. The molecule has 0 saturated carbocycles. The van der Waals surface area contributed by atoms with Gasteiger partial charge in [-0.1, -0.05) is 54.6 Å². The van der Waals surface area contributed by atoms with Gasteiger partial charge in [0.2, 0.25) is 17.4 Å². The molecule has 0 aliphatic carbocycles. The van der Waals surface area contributed by atoms with E-state index in [9.17, 15) is 32.5 Å². The number of aliphatic hydroxyl groups excluding tert-OH is 1. The smallest absolute Gasteiger partial charge is 0.241 e. The maximum atomic E-state index is 13.5. The molecule has 0 amide bonds. The van der Waals surface area contributed by atoms with Crippen LogP contribution in [0.5, 0.6) is 5.75 Å². The summed E-state index contributed by atoms with van der Waals surface area (Å²) in [5.74, 6) is -0.514. The zero-order valence-corrected chi connectivity index (χ0v) is 23.3. The lowest BCUT2D eigenvalue weighted by Gasteiger charge is -2.48. The Bertz CT molecular complexity index is 1660. The average Bonchev–Trinajstić information content (AvgIpc) is 2.92. The molecule has 3 N–H and O–H groups in total. The lowest BCUT2D eigenvalue weighted by Crippen LogP contribution is -2.58. The minimum absolute atomic E-state index is 0.0881. The molecule has 0 aromatic heterocycles. The number of nitrogens with zero attached hydrogens (tertiary/aromatic N) is 1. The standard InChI is InChI=1S/C30H29FNO6PS/c1-39(35,36)25-14-9-20(10-15-25)22-11-16-26(28(34)19-22)30-29(18-17-27(33)21-7-12-23(31)13-8-21)40(37,38)32(30)24-5-3-2-4-6-24/h2-16,19,27,29-30,33-34H,17-18H2,1H3,(H,35,36). The molecule has 0 bridgehead atoms. The van der Waals surface area contributed by atoms with Crippen molar-refractivity contribution < 1.29 is 32.5 Å². The van der Waals surface area contributed by atoms with E-state index in [4.69, 9.17) is 0 Å². The third-order valence-electron chi connectivity index (χ3n) is 7.28. The predicted molar refractivity (Wildman–Crippen MR) is 154 cm³/mol. The molecule has 1 fully saturated rings. The van der Waals surface area contributed by atoms with Crippen molar-refractivity contribution >= 4 is 28.4 Å². The Morgan fingerprint density at radius 3 is 2.15 bits per heavy atom. The van der Waals surface area contributed by atoms with Gasteiger partial charge in [-0.05, 0) is 72.0 Å². The molecule has 7 nitrogen and oxygen atoms in total. The second kappa shape index (κ2) is 10.8. The van der Waals surface area contributed by atoms with E-state index in [1.54, 1.807) is 72.8 Å². The van der Waals surface area contributed by atoms with Crippen LogP contribution in [0.2, 0.25) is 0 Å². The maximum absolute atomic E-state index is 13.5. The molecule has 1 aliphatic heterocycles. The summed E-state index contributed by atoms with van der Waals surface area (Å²) in [6, 6.07) is 24.9. The Hall–Kier alpha value is -3.49. The van der Waals surface area contributed by atoms with Crippen LogP contribution >= 0.6 is 7.37 Å². The topological polar surface area (TPSA) is 115 Å². The normalized spacial score (nSPS) is 20.4. The van der Waals surface area contributed by atoms with E-state index in [0.717, 1.165) is 5.56 Å². The summed E-state index contributed by atoms with van der Waals surface area (Å²) in [6.45, 7) is 1.27. The summed E-state index contributed by atoms with van der Waals surface area (Å²) in [6.07, 6.45) is -0.722. The zero-order valence-electron chi connectivity index (χ0n) is 21.6. The number of aromatic hydroxyl groups is 1. The van der Waals surface area contributed by atoms with Crippen LogP contribution in [-0.4, -0.2) is 35.4 Å². The molecule has 40 heavy (non-hydrogen) atoms. The van der Waals surface area contributed by atoms with Crippen molar-refractivity contribution in [2.75, 3.05) is 11.0 Å². The van der Waals surface area contributed by atoms with Crippen molar-refractivity contribution in [3.05, 3.63) is 114 Å². The number of rotatable bonds is 8. The highest BCUT2D eigenvalue weighted by molar-refractivity contribution is 7.95. The van der Waals surface area contributed by atoms with Gasteiger partial charge in [0.15, 0.2) is 0 Å². The molecular formula is C30H29FNO6PS. The van der Waals surface area contributed by atoms with E-state index in [1.807, 2.05) is 0 Å². The molecule has 5 rings (SSSR count). The quantitative estimate of drug-likeness (QED) is 0.237. The molecule has 0 radical (unpaired) electrons. The number of hydrogen-bond donors (Lipinski definition) is 3.